The number of nitrogens with one attached hydrogen (secondary N) is 1. The van der Waals surface area contributed by atoms with Gasteiger partial charge in [0.2, 0.25) is 11.9 Å². The van der Waals surface area contributed by atoms with Crippen LogP contribution in [0.3, 0.4) is 0 Å². The number of likely N-dealkylation sites (tertiary alicyclic amines) is 1. The molecule has 2 aromatic heterocycles. The fourth-order valence-corrected chi connectivity index (χ4v) is 2.80. The Kier molecular flexibility index (Phi) is 4.87. The summed E-state index contributed by atoms with van der Waals surface area (Å²) in [6.45, 7) is 1.85. The van der Waals surface area contributed by atoms with Gasteiger partial charge in [0.05, 0.1) is 18.3 Å². The molecule has 0 bridgehead atoms. The van der Waals surface area contributed by atoms with Crippen molar-refractivity contribution in [1.82, 2.24) is 24.8 Å². The van der Waals surface area contributed by atoms with Gasteiger partial charge in [-0.05, 0) is 31.5 Å². The third kappa shape index (κ3) is 3.55. The number of hydrogen-bond acceptors (Lipinski definition) is 7. The van der Waals surface area contributed by atoms with Crippen molar-refractivity contribution in [3.8, 4) is 0 Å². The predicted octanol–water partition coefficient (Wildman–Crippen LogP) is 1.53. The molecule has 2 N–H and O–H groups in total. The first-order valence-electron chi connectivity index (χ1n) is 7.59. The molecule has 116 valence electrons. The molecule has 1 saturated heterocycles. The van der Waals surface area contributed by atoms with Crippen molar-refractivity contribution in [2.75, 3.05) is 25.0 Å². The minimum atomic E-state index is 0.171. The van der Waals surface area contributed by atoms with Gasteiger partial charge in [0.25, 0.3) is 0 Å². The van der Waals surface area contributed by atoms with E-state index >= 15 is 0 Å². The van der Waals surface area contributed by atoms with Gasteiger partial charge in [-0.25, -0.2) is 19.9 Å². The zero-order valence-corrected chi connectivity index (χ0v) is 12.4. The molecule has 0 amide bonds. The Balaban J connectivity index is 1.77. The van der Waals surface area contributed by atoms with E-state index in [-0.39, 0.29) is 12.6 Å². The van der Waals surface area contributed by atoms with Crippen LogP contribution < -0.4 is 5.32 Å². The van der Waals surface area contributed by atoms with Crippen molar-refractivity contribution in [2.24, 2.45) is 0 Å². The van der Waals surface area contributed by atoms with Crippen LogP contribution in [0.5, 0.6) is 0 Å². The van der Waals surface area contributed by atoms with Gasteiger partial charge >= 0.3 is 0 Å². The first kappa shape index (κ1) is 14.8. The third-order valence-corrected chi connectivity index (χ3v) is 3.81. The minimum absolute atomic E-state index is 0.171. The Morgan fingerprint density at radius 3 is 2.77 bits per heavy atom. The number of aliphatic hydroxyl groups excluding tert-OH is 1. The van der Waals surface area contributed by atoms with E-state index in [1.54, 1.807) is 24.7 Å². The lowest BCUT2D eigenvalue weighted by Gasteiger charge is -2.34. The van der Waals surface area contributed by atoms with Crippen LogP contribution in [0, 0.1) is 0 Å². The molecule has 1 atom stereocenters. The molecule has 0 aromatic carbocycles. The van der Waals surface area contributed by atoms with E-state index in [0.717, 1.165) is 18.7 Å². The van der Waals surface area contributed by atoms with Crippen LogP contribution in [0.1, 0.15) is 31.0 Å². The second kappa shape index (κ2) is 7.24. The molecule has 7 heteroatoms. The summed E-state index contributed by atoms with van der Waals surface area (Å²) in [5.41, 5.74) is 0.974. The fourth-order valence-electron chi connectivity index (χ4n) is 2.80. The van der Waals surface area contributed by atoms with Crippen molar-refractivity contribution in [1.29, 1.82) is 0 Å². The average Bonchev–Trinajstić information content (AvgIpc) is 2.57. The molecule has 22 heavy (non-hydrogen) atoms. The van der Waals surface area contributed by atoms with Crippen LogP contribution in [0.2, 0.25) is 0 Å². The highest BCUT2D eigenvalue weighted by Gasteiger charge is 2.24. The monoisotopic (exact) mass is 300 g/mol. The van der Waals surface area contributed by atoms with E-state index in [1.165, 1.54) is 12.8 Å². The number of nitrogens with zero attached hydrogens (tertiary/aromatic N) is 5. The Labute approximate surface area is 129 Å². The molecule has 3 rings (SSSR count). The number of β-amino-alcohol motifs (C(OH)–C–C–N with tert-alkyl or cyclic N) is 1. The van der Waals surface area contributed by atoms with Gasteiger partial charge in [0, 0.05) is 25.1 Å². The van der Waals surface area contributed by atoms with Gasteiger partial charge in [-0.2, -0.15) is 0 Å². The normalized spacial score (nSPS) is 19.0. The largest absolute Gasteiger partial charge is 0.395 e. The minimum Gasteiger partial charge on any atom is -0.395 e. The van der Waals surface area contributed by atoms with Crippen LogP contribution in [-0.4, -0.2) is 49.6 Å². The maximum absolute atomic E-state index is 9.23. The van der Waals surface area contributed by atoms with E-state index in [4.69, 9.17) is 0 Å². The summed E-state index contributed by atoms with van der Waals surface area (Å²) in [5, 5.41) is 12.2. The van der Waals surface area contributed by atoms with E-state index in [1.807, 2.05) is 6.07 Å². The molecule has 0 saturated carbocycles. The lowest BCUT2D eigenvalue weighted by atomic mass is 9.99. The summed E-state index contributed by atoms with van der Waals surface area (Å²) in [6.07, 6.45) is 8.50. The topological polar surface area (TPSA) is 87.1 Å². The van der Waals surface area contributed by atoms with Crippen LogP contribution in [0.4, 0.5) is 11.9 Å². The predicted molar refractivity (Wildman–Crippen MR) is 82.6 cm³/mol. The summed E-state index contributed by atoms with van der Waals surface area (Å²) in [4.78, 5) is 19.3. The lowest BCUT2D eigenvalue weighted by molar-refractivity contribution is 0.114. The molecule has 2 aromatic rings. The maximum Gasteiger partial charge on any atom is 0.229 e. The van der Waals surface area contributed by atoms with Gasteiger partial charge < -0.3 is 5.11 Å². The van der Waals surface area contributed by atoms with E-state index in [2.05, 4.69) is 30.2 Å². The van der Waals surface area contributed by atoms with Crippen LogP contribution in [0.25, 0.3) is 0 Å². The number of aromatic nitrogens is 4. The summed E-state index contributed by atoms with van der Waals surface area (Å²) in [5.74, 6) is 0.980. The van der Waals surface area contributed by atoms with Gasteiger partial charge in [-0.3, -0.25) is 10.2 Å². The zero-order chi connectivity index (χ0) is 15.2. The second-order valence-electron chi connectivity index (χ2n) is 5.27. The van der Waals surface area contributed by atoms with Gasteiger partial charge in [-0.15, -0.1) is 0 Å². The maximum atomic E-state index is 9.23. The smallest absolute Gasteiger partial charge is 0.229 e. The molecule has 0 aliphatic carbocycles. The molecule has 0 spiro atoms. The molecule has 1 aliphatic heterocycles. The number of hydrogen-bond donors (Lipinski definition) is 2. The van der Waals surface area contributed by atoms with Gasteiger partial charge in [0.1, 0.15) is 0 Å². The highest BCUT2D eigenvalue weighted by molar-refractivity contribution is 5.41. The SMILES string of the molecule is OCCN1CCCCC1c1ccnc(Nc2ncccn2)n1. The van der Waals surface area contributed by atoms with E-state index in [0.29, 0.717) is 18.4 Å². The number of piperidine rings is 1. The van der Waals surface area contributed by atoms with Crippen molar-refractivity contribution >= 4 is 11.9 Å². The van der Waals surface area contributed by atoms with Crippen LogP contribution in [0.15, 0.2) is 30.7 Å². The molecule has 0 radical (unpaired) electrons. The van der Waals surface area contributed by atoms with E-state index < -0.39 is 0 Å². The average molecular weight is 300 g/mol. The number of aliphatic hydroxyl groups is 1. The van der Waals surface area contributed by atoms with Crippen LogP contribution in [-0.2, 0) is 0 Å². The standard InChI is InChI=1S/C15H20N6O/c22-11-10-21-9-2-1-4-13(21)12-5-8-18-15(19-12)20-14-16-6-3-7-17-14/h3,5-8,13,22H,1-2,4,9-11H2,(H,16,17,18,19,20). The molecule has 7 nitrogen and oxygen atoms in total. The van der Waals surface area contributed by atoms with Crippen molar-refractivity contribution in [2.45, 2.75) is 25.3 Å². The van der Waals surface area contributed by atoms with Crippen molar-refractivity contribution in [3.63, 3.8) is 0 Å². The molecule has 3 heterocycles. The summed E-state index contributed by atoms with van der Waals surface area (Å²) in [7, 11) is 0. The zero-order valence-electron chi connectivity index (χ0n) is 12.4. The van der Waals surface area contributed by atoms with Crippen molar-refractivity contribution < 1.29 is 5.11 Å². The van der Waals surface area contributed by atoms with Crippen LogP contribution >= 0.6 is 0 Å². The van der Waals surface area contributed by atoms with Gasteiger partial charge in [-0.1, -0.05) is 6.42 Å². The highest BCUT2D eigenvalue weighted by atomic mass is 16.3. The van der Waals surface area contributed by atoms with E-state index in [9.17, 15) is 5.11 Å². The molecule has 1 fully saturated rings. The Morgan fingerprint density at radius 2 is 1.95 bits per heavy atom. The Bertz CT molecular complexity index is 592. The lowest BCUT2D eigenvalue weighted by Crippen LogP contribution is -2.36. The molecular weight excluding hydrogens is 280 g/mol. The quantitative estimate of drug-likeness (QED) is 0.865. The Morgan fingerprint density at radius 1 is 1.14 bits per heavy atom. The number of rotatable bonds is 5. The summed E-state index contributed by atoms with van der Waals surface area (Å²) >= 11 is 0. The van der Waals surface area contributed by atoms with Crippen molar-refractivity contribution in [3.05, 3.63) is 36.4 Å². The van der Waals surface area contributed by atoms with Gasteiger partial charge in [0.15, 0.2) is 0 Å². The number of anilines is 2. The summed E-state index contributed by atoms with van der Waals surface area (Å²) in [6, 6.07) is 3.94. The highest BCUT2D eigenvalue weighted by Crippen LogP contribution is 2.29. The second-order valence-corrected chi connectivity index (χ2v) is 5.27. The first-order valence-corrected chi connectivity index (χ1v) is 7.59. The molecular formula is C15H20N6O. The third-order valence-electron chi connectivity index (χ3n) is 3.81. The first-order chi connectivity index (χ1) is 10.9. The Hall–Kier alpha value is -2.12. The summed E-state index contributed by atoms with van der Waals surface area (Å²) < 4.78 is 0. The fraction of sp³-hybridized carbons (Fsp3) is 0.467. The molecule has 1 unspecified atom stereocenters. The molecule has 1 aliphatic rings.